The minimum atomic E-state index is -0.547. The van der Waals surface area contributed by atoms with Gasteiger partial charge in [-0.15, -0.1) is 0 Å². The summed E-state index contributed by atoms with van der Waals surface area (Å²) in [5.41, 5.74) is 2.79. The van der Waals surface area contributed by atoms with E-state index in [1.807, 2.05) is 19.1 Å². The number of rotatable bonds is 3. The van der Waals surface area contributed by atoms with Crippen molar-refractivity contribution in [1.82, 2.24) is 9.38 Å². The van der Waals surface area contributed by atoms with E-state index in [0.717, 1.165) is 5.56 Å². The Balaban J connectivity index is 1.98. The van der Waals surface area contributed by atoms with Gasteiger partial charge in [0.05, 0.1) is 21.3 Å². The molecule has 0 aliphatic heterocycles. The molecule has 3 rings (SSSR count). The average molecular weight is 345 g/mol. The number of carbonyl (C=O) groups excluding carboxylic acids is 1. The number of fused-ring (bicyclic) bond motifs is 1. The third kappa shape index (κ3) is 2.69. The molecule has 0 saturated heterocycles. The predicted octanol–water partition coefficient (Wildman–Crippen LogP) is 3.77. The molecule has 7 nitrogen and oxygen atoms in total. The normalized spacial score (nSPS) is 10.8. The number of nitrogens with one attached hydrogen (secondary N) is 1. The molecule has 0 spiro atoms. The number of non-ortho nitro benzene ring substituents is 1. The van der Waals surface area contributed by atoms with Crippen molar-refractivity contribution in [3.8, 4) is 0 Å². The van der Waals surface area contributed by atoms with E-state index in [0.29, 0.717) is 22.7 Å². The Labute approximate surface area is 142 Å². The largest absolute Gasteiger partial charge is 0.319 e. The molecule has 24 heavy (non-hydrogen) atoms. The Morgan fingerprint density at radius 2 is 2.08 bits per heavy atom. The summed E-state index contributed by atoms with van der Waals surface area (Å²) in [7, 11) is 0. The zero-order valence-electron chi connectivity index (χ0n) is 12.9. The third-order valence-electron chi connectivity index (χ3n) is 3.65. The zero-order chi connectivity index (χ0) is 17.4. The van der Waals surface area contributed by atoms with Crippen molar-refractivity contribution < 1.29 is 9.72 Å². The predicted molar refractivity (Wildman–Crippen MR) is 90.7 cm³/mol. The Morgan fingerprint density at radius 1 is 1.33 bits per heavy atom. The van der Waals surface area contributed by atoms with Gasteiger partial charge in [0.15, 0.2) is 0 Å². The number of imidazole rings is 1. The number of carbonyl (C=O) groups is 1. The number of amides is 1. The summed E-state index contributed by atoms with van der Waals surface area (Å²) in [6.45, 7) is 3.66. The number of hydrogen-bond donors (Lipinski definition) is 1. The summed E-state index contributed by atoms with van der Waals surface area (Å²) < 4.78 is 1.71. The molecule has 0 fully saturated rings. The molecule has 0 aliphatic rings. The van der Waals surface area contributed by atoms with E-state index in [1.165, 1.54) is 18.2 Å². The third-order valence-corrected chi connectivity index (χ3v) is 3.96. The maximum atomic E-state index is 12.6. The van der Waals surface area contributed by atoms with Crippen LogP contribution in [0.5, 0.6) is 0 Å². The lowest BCUT2D eigenvalue weighted by Crippen LogP contribution is -2.16. The first-order valence-electron chi connectivity index (χ1n) is 7.08. The number of nitrogens with zero attached hydrogens (tertiary/aromatic N) is 3. The van der Waals surface area contributed by atoms with Crippen LogP contribution in [0.15, 0.2) is 36.5 Å². The van der Waals surface area contributed by atoms with Crippen LogP contribution in [0.25, 0.3) is 5.65 Å². The van der Waals surface area contributed by atoms with Gasteiger partial charge < -0.3 is 5.32 Å². The molecule has 0 bridgehead atoms. The van der Waals surface area contributed by atoms with Crippen LogP contribution in [0.2, 0.25) is 5.02 Å². The molecule has 122 valence electrons. The SMILES string of the molecule is Cc1nc2c(C)cccn2c1C(=O)Nc1ccc([N+](=O)[O-])cc1Cl. The highest BCUT2D eigenvalue weighted by molar-refractivity contribution is 6.34. The maximum Gasteiger partial charge on any atom is 0.274 e. The van der Waals surface area contributed by atoms with Crippen molar-refractivity contribution in [3.63, 3.8) is 0 Å². The van der Waals surface area contributed by atoms with E-state index in [4.69, 9.17) is 11.6 Å². The second kappa shape index (κ2) is 5.93. The van der Waals surface area contributed by atoms with E-state index in [9.17, 15) is 14.9 Å². The monoisotopic (exact) mass is 344 g/mol. The molecule has 2 heterocycles. The highest BCUT2D eigenvalue weighted by Gasteiger charge is 2.19. The molecule has 0 saturated carbocycles. The van der Waals surface area contributed by atoms with Gasteiger partial charge in [-0.05, 0) is 31.5 Å². The van der Waals surface area contributed by atoms with Crippen LogP contribution in [-0.4, -0.2) is 20.2 Å². The van der Waals surface area contributed by atoms with Crippen molar-refractivity contribution in [2.75, 3.05) is 5.32 Å². The first-order valence-corrected chi connectivity index (χ1v) is 7.46. The van der Waals surface area contributed by atoms with Crippen LogP contribution in [0.3, 0.4) is 0 Å². The second-order valence-electron chi connectivity index (χ2n) is 5.31. The van der Waals surface area contributed by atoms with E-state index < -0.39 is 4.92 Å². The van der Waals surface area contributed by atoms with E-state index in [1.54, 1.807) is 17.5 Å². The lowest BCUT2D eigenvalue weighted by molar-refractivity contribution is -0.384. The summed E-state index contributed by atoms with van der Waals surface area (Å²) >= 11 is 6.02. The van der Waals surface area contributed by atoms with Gasteiger partial charge in [0, 0.05) is 18.3 Å². The van der Waals surface area contributed by atoms with Crippen LogP contribution in [0.4, 0.5) is 11.4 Å². The molecule has 0 radical (unpaired) electrons. The van der Waals surface area contributed by atoms with Crippen LogP contribution in [-0.2, 0) is 0 Å². The molecule has 0 aliphatic carbocycles. The molecular weight excluding hydrogens is 332 g/mol. The molecule has 1 aromatic carbocycles. The number of aryl methyl sites for hydroxylation is 2. The smallest absolute Gasteiger partial charge is 0.274 e. The minimum Gasteiger partial charge on any atom is -0.319 e. The molecule has 3 aromatic rings. The van der Waals surface area contributed by atoms with Crippen molar-refractivity contribution in [2.24, 2.45) is 0 Å². The fourth-order valence-corrected chi connectivity index (χ4v) is 2.71. The summed E-state index contributed by atoms with van der Waals surface area (Å²) in [5.74, 6) is -0.388. The number of hydrogen-bond acceptors (Lipinski definition) is 4. The number of nitro benzene ring substituents is 1. The number of halogens is 1. The van der Waals surface area contributed by atoms with Crippen LogP contribution in [0.1, 0.15) is 21.7 Å². The van der Waals surface area contributed by atoms with Gasteiger partial charge in [-0.25, -0.2) is 4.98 Å². The molecule has 8 heteroatoms. The molecular formula is C16H13ClN4O3. The van der Waals surface area contributed by atoms with E-state index in [-0.39, 0.29) is 16.6 Å². The summed E-state index contributed by atoms with van der Waals surface area (Å²) in [6.07, 6.45) is 1.76. The number of pyridine rings is 1. The summed E-state index contributed by atoms with van der Waals surface area (Å²) in [4.78, 5) is 27.2. The van der Waals surface area contributed by atoms with Crippen molar-refractivity contribution in [2.45, 2.75) is 13.8 Å². The average Bonchev–Trinajstić information content (AvgIpc) is 2.86. The van der Waals surface area contributed by atoms with Crippen LogP contribution in [0, 0.1) is 24.0 Å². The van der Waals surface area contributed by atoms with Gasteiger partial charge in [-0.3, -0.25) is 19.3 Å². The van der Waals surface area contributed by atoms with E-state index >= 15 is 0 Å². The molecule has 1 amide bonds. The molecule has 1 N–H and O–H groups in total. The maximum absolute atomic E-state index is 12.6. The fraction of sp³-hybridized carbons (Fsp3) is 0.125. The Morgan fingerprint density at radius 3 is 2.75 bits per heavy atom. The highest BCUT2D eigenvalue weighted by atomic mass is 35.5. The Bertz CT molecular complexity index is 981. The van der Waals surface area contributed by atoms with Crippen LogP contribution < -0.4 is 5.32 Å². The van der Waals surface area contributed by atoms with Gasteiger partial charge in [0.2, 0.25) is 0 Å². The lowest BCUT2D eigenvalue weighted by Gasteiger charge is -2.08. The highest BCUT2D eigenvalue weighted by Crippen LogP contribution is 2.27. The van der Waals surface area contributed by atoms with Gasteiger partial charge >= 0.3 is 0 Å². The molecule has 0 atom stereocenters. The summed E-state index contributed by atoms with van der Waals surface area (Å²) in [5, 5.41) is 13.5. The van der Waals surface area contributed by atoms with Gasteiger partial charge in [-0.2, -0.15) is 0 Å². The van der Waals surface area contributed by atoms with Gasteiger partial charge in [0.1, 0.15) is 11.3 Å². The number of aromatic nitrogens is 2. The first kappa shape index (κ1) is 15.9. The fourth-order valence-electron chi connectivity index (χ4n) is 2.49. The summed E-state index contributed by atoms with van der Waals surface area (Å²) in [6, 6.07) is 7.63. The van der Waals surface area contributed by atoms with Crippen LogP contribution >= 0.6 is 11.6 Å². The molecule has 0 unspecified atom stereocenters. The van der Waals surface area contributed by atoms with Gasteiger partial charge in [0.25, 0.3) is 11.6 Å². The lowest BCUT2D eigenvalue weighted by atomic mass is 10.2. The molecule has 2 aromatic heterocycles. The Kier molecular flexibility index (Phi) is 3.94. The quantitative estimate of drug-likeness (QED) is 0.578. The standard InChI is InChI=1S/C16H13ClN4O3/c1-9-4-3-7-20-14(10(2)18-15(9)20)16(22)19-13-6-5-11(21(23)24)8-12(13)17/h3-8H,1-2H3,(H,19,22). The van der Waals surface area contributed by atoms with E-state index in [2.05, 4.69) is 10.3 Å². The Hall–Kier alpha value is -2.93. The number of benzene rings is 1. The topological polar surface area (TPSA) is 89.5 Å². The number of nitro groups is 1. The number of anilines is 1. The minimum absolute atomic E-state index is 0.0974. The van der Waals surface area contributed by atoms with Crippen molar-refractivity contribution in [3.05, 3.63) is 68.6 Å². The van der Waals surface area contributed by atoms with Gasteiger partial charge in [-0.1, -0.05) is 17.7 Å². The van der Waals surface area contributed by atoms with Crippen molar-refractivity contribution >= 4 is 34.5 Å². The first-order chi connectivity index (χ1) is 11.4. The second-order valence-corrected chi connectivity index (χ2v) is 5.71. The zero-order valence-corrected chi connectivity index (χ0v) is 13.7. The van der Waals surface area contributed by atoms with Crippen molar-refractivity contribution in [1.29, 1.82) is 0 Å².